The summed E-state index contributed by atoms with van der Waals surface area (Å²) in [5.74, 6) is -1.30. The number of nitrogens with one attached hydrogen (secondary N) is 2. The van der Waals surface area contributed by atoms with Crippen molar-refractivity contribution in [2.75, 3.05) is 31.6 Å². The monoisotopic (exact) mass is 527 g/mol. The van der Waals surface area contributed by atoms with Crippen molar-refractivity contribution in [1.82, 2.24) is 14.8 Å². The van der Waals surface area contributed by atoms with Crippen molar-refractivity contribution < 1.29 is 23.9 Å². The molecule has 0 radical (unpaired) electrons. The Morgan fingerprint density at radius 1 is 1.05 bits per heavy atom. The number of aromatic nitrogens is 1. The van der Waals surface area contributed by atoms with Crippen LogP contribution in [0.25, 0.3) is 10.9 Å². The van der Waals surface area contributed by atoms with Crippen molar-refractivity contribution >= 4 is 34.4 Å². The molecule has 1 saturated carbocycles. The lowest BCUT2D eigenvalue weighted by atomic mass is 9.78. The molecule has 3 atom stereocenters. The number of nitrogens with two attached hydrogens (primary N) is 1. The third-order valence-corrected chi connectivity index (χ3v) is 8.80. The third kappa shape index (κ3) is 5.42. The fraction of sp³-hybridized carbons (Fsp3) is 0.607. The number of anilines is 1. The van der Waals surface area contributed by atoms with Crippen molar-refractivity contribution in [3.05, 3.63) is 30.0 Å². The first-order chi connectivity index (χ1) is 18.4. The Labute approximate surface area is 221 Å². The molecule has 1 aliphatic carbocycles. The minimum absolute atomic E-state index is 0.0177. The van der Waals surface area contributed by atoms with Crippen molar-refractivity contribution in [3.63, 3.8) is 0 Å². The standard InChI is InChI=1S/C28H38FN5O4/c29-16-21(30)17-4-6-18(7-5-17)27(36)34-13-10-24(33-11-2-1-3-12-33)25(34)26(35)31-20-8-9-22-19(14-20)15-23(32-22)28(37)38/h8-9,14-15,17-18,21,24-25,32H,1-7,10-13,16,30H2,(H,31,35)(H,37,38)/t17?,18?,21-,24-,25+/m1/s1. The Bertz CT molecular complexity index is 1170. The average Bonchev–Trinajstić information content (AvgIpc) is 3.58. The molecule has 206 valence electrons. The lowest BCUT2D eigenvalue weighted by Crippen LogP contribution is -2.55. The van der Waals surface area contributed by atoms with Gasteiger partial charge in [-0.15, -0.1) is 0 Å². The van der Waals surface area contributed by atoms with Crippen LogP contribution in [0.15, 0.2) is 24.3 Å². The number of carbonyl (C=O) groups excluding carboxylic acids is 2. The van der Waals surface area contributed by atoms with E-state index in [1.165, 1.54) is 6.42 Å². The van der Waals surface area contributed by atoms with Gasteiger partial charge in [0.25, 0.3) is 0 Å². The second kappa shape index (κ2) is 11.4. The van der Waals surface area contributed by atoms with Crippen LogP contribution in [0.5, 0.6) is 0 Å². The van der Waals surface area contributed by atoms with Crippen LogP contribution in [0.1, 0.15) is 61.9 Å². The predicted molar refractivity (Wildman–Crippen MR) is 143 cm³/mol. The van der Waals surface area contributed by atoms with Crippen molar-refractivity contribution in [2.45, 2.75) is 69.5 Å². The molecule has 5 N–H and O–H groups in total. The highest BCUT2D eigenvalue weighted by molar-refractivity contribution is 6.01. The molecule has 3 aliphatic rings. The lowest BCUT2D eigenvalue weighted by Gasteiger charge is -2.38. The molecule has 10 heteroatoms. The number of alkyl halides is 1. The van der Waals surface area contributed by atoms with Gasteiger partial charge in [-0.05, 0) is 88.2 Å². The number of likely N-dealkylation sites (tertiary alicyclic amines) is 2. The summed E-state index contributed by atoms with van der Waals surface area (Å²) in [6.45, 7) is 1.86. The molecule has 2 amide bonds. The van der Waals surface area contributed by atoms with Crippen molar-refractivity contribution in [1.29, 1.82) is 0 Å². The highest BCUT2D eigenvalue weighted by atomic mass is 19.1. The lowest BCUT2D eigenvalue weighted by molar-refractivity contribution is -0.142. The number of aromatic amines is 1. The Morgan fingerprint density at radius 2 is 1.79 bits per heavy atom. The SMILES string of the molecule is N[C@H](CF)C1CCC(C(=O)N2CC[C@@H](N3CCCCC3)[C@H]2C(=O)Nc2ccc3[nH]c(C(=O)O)cc3c2)CC1. The van der Waals surface area contributed by atoms with Gasteiger partial charge in [0.1, 0.15) is 18.4 Å². The second-order valence-electron chi connectivity index (χ2n) is 11.1. The molecule has 1 aromatic heterocycles. The number of amides is 2. The molecule has 0 unspecified atom stereocenters. The molecule has 0 bridgehead atoms. The van der Waals surface area contributed by atoms with E-state index in [1.807, 2.05) is 0 Å². The van der Waals surface area contributed by atoms with Crippen LogP contribution in [0, 0.1) is 11.8 Å². The number of hydrogen-bond donors (Lipinski definition) is 4. The maximum Gasteiger partial charge on any atom is 0.352 e. The zero-order valence-electron chi connectivity index (χ0n) is 21.7. The summed E-state index contributed by atoms with van der Waals surface area (Å²) < 4.78 is 13.1. The van der Waals surface area contributed by atoms with Crippen LogP contribution in [-0.2, 0) is 9.59 Å². The number of piperidine rings is 1. The first kappa shape index (κ1) is 26.6. The van der Waals surface area contributed by atoms with Crippen molar-refractivity contribution in [3.8, 4) is 0 Å². The van der Waals surface area contributed by atoms with Gasteiger partial charge in [0.05, 0.1) is 0 Å². The molecule has 5 rings (SSSR count). The van der Waals surface area contributed by atoms with Gasteiger partial charge in [-0.25, -0.2) is 9.18 Å². The number of H-pyrrole nitrogens is 1. The fourth-order valence-corrected chi connectivity index (χ4v) is 6.67. The smallest absolute Gasteiger partial charge is 0.352 e. The number of halogens is 1. The summed E-state index contributed by atoms with van der Waals surface area (Å²) in [5.41, 5.74) is 7.24. The third-order valence-electron chi connectivity index (χ3n) is 8.80. The summed E-state index contributed by atoms with van der Waals surface area (Å²) in [7, 11) is 0. The molecule has 9 nitrogen and oxygen atoms in total. The van der Waals surface area contributed by atoms with Crippen LogP contribution >= 0.6 is 0 Å². The van der Waals surface area contributed by atoms with E-state index in [-0.39, 0.29) is 35.4 Å². The fourth-order valence-electron chi connectivity index (χ4n) is 6.67. The maximum absolute atomic E-state index is 13.8. The number of hydrogen-bond acceptors (Lipinski definition) is 5. The number of fused-ring (bicyclic) bond motifs is 1. The van der Waals surface area contributed by atoms with Crippen LogP contribution in [0.4, 0.5) is 10.1 Å². The number of nitrogens with zero attached hydrogens (tertiary/aromatic N) is 2. The summed E-state index contributed by atoms with van der Waals surface area (Å²) in [5, 5.41) is 13.0. The van der Waals surface area contributed by atoms with Crippen molar-refractivity contribution in [2.24, 2.45) is 17.6 Å². The number of rotatable bonds is 7. The van der Waals surface area contributed by atoms with Crippen LogP contribution in [0.3, 0.4) is 0 Å². The highest BCUT2D eigenvalue weighted by Crippen LogP contribution is 2.35. The molecule has 2 saturated heterocycles. The molecular weight excluding hydrogens is 489 g/mol. The number of carboxylic acid groups (broad SMARTS) is 1. The van der Waals surface area contributed by atoms with Gasteiger partial charge in [0, 0.05) is 41.1 Å². The molecule has 38 heavy (non-hydrogen) atoms. The van der Waals surface area contributed by atoms with Gasteiger partial charge in [0.15, 0.2) is 0 Å². The number of carboxylic acids is 1. The van der Waals surface area contributed by atoms with Crippen LogP contribution in [-0.4, -0.2) is 82.1 Å². The topological polar surface area (TPSA) is 132 Å². The molecule has 2 aliphatic heterocycles. The molecular formula is C28H38FN5O4. The van der Waals surface area contributed by atoms with Gasteiger partial charge in [-0.2, -0.15) is 0 Å². The van der Waals surface area contributed by atoms with Gasteiger partial charge in [0.2, 0.25) is 11.8 Å². The molecule has 3 fully saturated rings. The summed E-state index contributed by atoms with van der Waals surface area (Å²) in [6.07, 6.45) is 6.93. The minimum atomic E-state index is -1.04. The Balaban J connectivity index is 1.34. The summed E-state index contributed by atoms with van der Waals surface area (Å²) in [4.78, 5) is 45.9. The van der Waals surface area contributed by atoms with Gasteiger partial charge in [-0.3, -0.25) is 14.5 Å². The van der Waals surface area contributed by atoms with Gasteiger partial charge < -0.3 is 26.0 Å². The highest BCUT2D eigenvalue weighted by Gasteiger charge is 2.46. The second-order valence-corrected chi connectivity index (χ2v) is 11.1. The first-order valence-corrected chi connectivity index (χ1v) is 13.9. The molecule has 0 spiro atoms. The van der Waals surface area contributed by atoms with E-state index in [9.17, 15) is 23.9 Å². The Morgan fingerprint density at radius 3 is 2.47 bits per heavy atom. The number of carbonyl (C=O) groups is 3. The summed E-state index contributed by atoms with van der Waals surface area (Å²) in [6, 6.07) is 5.69. The molecule has 1 aromatic carbocycles. The predicted octanol–water partition coefficient (Wildman–Crippen LogP) is 3.36. The normalized spacial score (nSPS) is 27.4. The minimum Gasteiger partial charge on any atom is -0.477 e. The zero-order valence-corrected chi connectivity index (χ0v) is 21.7. The van der Waals surface area contributed by atoms with E-state index < -0.39 is 24.7 Å². The van der Waals surface area contributed by atoms with E-state index >= 15 is 0 Å². The van der Waals surface area contributed by atoms with E-state index in [0.717, 1.165) is 45.2 Å². The molecule has 3 heterocycles. The van der Waals surface area contributed by atoms with E-state index in [2.05, 4.69) is 15.2 Å². The van der Waals surface area contributed by atoms with Gasteiger partial charge >= 0.3 is 5.97 Å². The van der Waals surface area contributed by atoms with Crippen LogP contribution in [0.2, 0.25) is 0 Å². The van der Waals surface area contributed by atoms with Crippen LogP contribution < -0.4 is 11.1 Å². The quantitative estimate of drug-likeness (QED) is 0.437. The Hall–Kier alpha value is -2.98. The number of aromatic carboxylic acids is 1. The molecule has 2 aromatic rings. The average molecular weight is 528 g/mol. The first-order valence-electron chi connectivity index (χ1n) is 13.9. The summed E-state index contributed by atoms with van der Waals surface area (Å²) >= 11 is 0. The van der Waals surface area contributed by atoms with E-state index in [0.29, 0.717) is 36.0 Å². The van der Waals surface area contributed by atoms with E-state index in [4.69, 9.17) is 5.73 Å². The maximum atomic E-state index is 13.8. The van der Waals surface area contributed by atoms with E-state index in [1.54, 1.807) is 29.2 Å². The van der Waals surface area contributed by atoms with Gasteiger partial charge in [-0.1, -0.05) is 6.42 Å². The Kier molecular flexibility index (Phi) is 7.99. The number of benzene rings is 1. The largest absolute Gasteiger partial charge is 0.477 e. The zero-order chi connectivity index (χ0) is 26.8.